The summed E-state index contributed by atoms with van der Waals surface area (Å²) >= 11 is 0. The van der Waals surface area contributed by atoms with Crippen LogP contribution >= 0.6 is 24.0 Å². The van der Waals surface area contributed by atoms with Crippen molar-refractivity contribution in [1.82, 2.24) is 10.3 Å². The summed E-state index contributed by atoms with van der Waals surface area (Å²) in [7, 11) is 3.08. The second-order valence-electron chi connectivity index (χ2n) is 5.62. The molecule has 1 aromatic heterocycles. The molecule has 0 amide bonds. The van der Waals surface area contributed by atoms with E-state index in [2.05, 4.69) is 15.3 Å². The van der Waals surface area contributed by atoms with Crippen molar-refractivity contribution < 1.29 is 27.4 Å². The second-order valence-corrected chi connectivity index (χ2v) is 5.62. The number of methoxy groups -OCH3 is 2. The average molecular weight is 526 g/mol. The Labute approximate surface area is 183 Å². The van der Waals surface area contributed by atoms with Gasteiger partial charge in [-0.3, -0.25) is 0 Å². The van der Waals surface area contributed by atoms with E-state index in [0.29, 0.717) is 17.1 Å². The molecule has 29 heavy (non-hydrogen) atoms. The molecule has 3 N–H and O–H groups in total. The number of halogens is 4. The molecule has 7 nitrogen and oxygen atoms in total. The van der Waals surface area contributed by atoms with Gasteiger partial charge < -0.3 is 25.3 Å². The Bertz CT molecular complexity index is 819. The number of benzene rings is 1. The molecule has 0 saturated carbocycles. The van der Waals surface area contributed by atoms with E-state index in [0.717, 1.165) is 5.56 Å². The Morgan fingerprint density at radius 2 is 1.90 bits per heavy atom. The van der Waals surface area contributed by atoms with Crippen LogP contribution in [0, 0.1) is 0 Å². The molecular formula is C18H22F3IN4O3. The van der Waals surface area contributed by atoms with Crippen molar-refractivity contribution in [3.8, 4) is 17.4 Å². The number of nitrogens with one attached hydrogen (secondary N) is 1. The number of ether oxygens (including phenoxy) is 3. The van der Waals surface area contributed by atoms with Gasteiger partial charge in [0.05, 0.1) is 20.8 Å². The van der Waals surface area contributed by atoms with E-state index in [1.165, 1.54) is 13.3 Å². The number of nitrogens with zero attached hydrogens (tertiary/aromatic N) is 2. The molecule has 0 atom stereocenters. The normalized spacial score (nSPS) is 11.4. The first-order chi connectivity index (χ1) is 13.3. The lowest BCUT2D eigenvalue weighted by atomic mass is 10.2. The third-order valence-electron chi connectivity index (χ3n) is 3.56. The van der Waals surface area contributed by atoms with Crippen molar-refractivity contribution in [2.24, 2.45) is 10.7 Å². The summed E-state index contributed by atoms with van der Waals surface area (Å²) in [6, 6.07) is 8.54. The van der Waals surface area contributed by atoms with E-state index in [1.54, 1.807) is 31.4 Å². The predicted octanol–water partition coefficient (Wildman–Crippen LogP) is 3.26. The van der Waals surface area contributed by atoms with Crippen LogP contribution < -0.4 is 25.3 Å². The van der Waals surface area contributed by atoms with Crippen LogP contribution in [0.15, 0.2) is 41.5 Å². The number of nitrogens with two attached hydrogens (primary N) is 1. The Morgan fingerprint density at radius 1 is 1.17 bits per heavy atom. The third-order valence-corrected chi connectivity index (χ3v) is 3.56. The maximum absolute atomic E-state index is 12.3. The van der Waals surface area contributed by atoms with Gasteiger partial charge in [-0.2, -0.15) is 13.2 Å². The molecule has 11 heteroatoms. The summed E-state index contributed by atoms with van der Waals surface area (Å²) in [5, 5.41) is 2.83. The number of hydrogen-bond donors (Lipinski definition) is 2. The van der Waals surface area contributed by atoms with Gasteiger partial charge in [0, 0.05) is 18.3 Å². The van der Waals surface area contributed by atoms with Crippen LogP contribution in [0.2, 0.25) is 0 Å². The van der Waals surface area contributed by atoms with Gasteiger partial charge in [-0.25, -0.2) is 9.98 Å². The Kier molecular flexibility index (Phi) is 9.78. The van der Waals surface area contributed by atoms with Crippen molar-refractivity contribution in [3.05, 3.63) is 47.7 Å². The smallest absolute Gasteiger partial charge is 0.422 e. The number of aromatic nitrogens is 1. The van der Waals surface area contributed by atoms with Crippen LogP contribution in [-0.4, -0.2) is 37.9 Å². The van der Waals surface area contributed by atoms with E-state index in [9.17, 15) is 13.2 Å². The highest BCUT2D eigenvalue weighted by Crippen LogP contribution is 2.27. The SMILES string of the molecule is COc1ccc(CN=C(N)NCc2cccnc2OCC(F)(F)F)cc1OC.I. The zero-order valence-electron chi connectivity index (χ0n) is 15.8. The summed E-state index contributed by atoms with van der Waals surface area (Å²) in [5.41, 5.74) is 7.10. The average Bonchev–Trinajstić information content (AvgIpc) is 2.68. The predicted molar refractivity (Wildman–Crippen MR) is 113 cm³/mol. The fourth-order valence-corrected chi connectivity index (χ4v) is 2.24. The molecule has 0 aliphatic rings. The lowest BCUT2D eigenvalue weighted by Gasteiger charge is -2.13. The molecule has 0 spiro atoms. The summed E-state index contributed by atoms with van der Waals surface area (Å²) in [6.45, 7) is -1.02. The zero-order chi connectivity index (χ0) is 20.6. The van der Waals surface area contributed by atoms with Crippen LogP contribution in [-0.2, 0) is 13.1 Å². The molecule has 1 aromatic carbocycles. The minimum atomic E-state index is -4.44. The van der Waals surface area contributed by atoms with Crippen LogP contribution in [0.5, 0.6) is 17.4 Å². The lowest BCUT2D eigenvalue weighted by molar-refractivity contribution is -0.154. The largest absolute Gasteiger partial charge is 0.493 e. The molecule has 2 rings (SSSR count). The standard InChI is InChI=1S/C18H21F3N4O3.HI/c1-26-14-6-5-12(8-15(14)27-2)9-24-17(22)25-10-13-4-3-7-23-16(13)28-11-18(19,20)21;/h3-8H,9-11H2,1-2H3,(H3,22,24,25);1H. The van der Waals surface area contributed by atoms with Gasteiger partial charge in [-0.1, -0.05) is 12.1 Å². The number of aliphatic imine (C=N–C) groups is 1. The molecule has 0 aliphatic carbocycles. The first-order valence-corrected chi connectivity index (χ1v) is 8.20. The van der Waals surface area contributed by atoms with Crippen molar-refractivity contribution >= 4 is 29.9 Å². The van der Waals surface area contributed by atoms with Gasteiger partial charge in [0.25, 0.3) is 0 Å². The number of alkyl halides is 3. The molecule has 0 bridgehead atoms. The molecule has 0 radical (unpaired) electrons. The molecular weight excluding hydrogens is 504 g/mol. The maximum Gasteiger partial charge on any atom is 0.422 e. The fraction of sp³-hybridized carbons (Fsp3) is 0.333. The molecule has 0 fully saturated rings. The Balaban J connectivity index is 0.00000420. The van der Waals surface area contributed by atoms with E-state index >= 15 is 0 Å². The number of pyridine rings is 1. The highest BCUT2D eigenvalue weighted by molar-refractivity contribution is 14.0. The molecule has 0 unspecified atom stereocenters. The molecule has 0 aliphatic heterocycles. The summed E-state index contributed by atoms with van der Waals surface area (Å²) in [4.78, 5) is 8.02. The summed E-state index contributed by atoms with van der Waals surface area (Å²) < 4.78 is 52.1. The first kappa shape index (κ1) is 24.6. The Morgan fingerprint density at radius 3 is 2.55 bits per heavy atom. The quantitative estimate of drug-likeness (QED) is 0.312. The van der Waals surface area contributed by atoms with Gasteiger partial charge in [0.1, 0.15) is 0 Å². The summed E-state index contributed by atoms with van der Waals surface area (Å²) in [6.07, 6.45) is -3.09. The van der Waals surface area contributed by atoms with Crippen LogP contribution in [0.4, 0.5) is 13.2 Å². The number of guanidine groups is 1. The molecule has 2 aromatic rings. The van der Waals surface area contributed by atoms with E-state index < -0.39 is 12.8 Å². The van der Waals surface area contributed by atoms with Crippen molar-refractivity contribution in [1.29, 1.82) is 0 Å². The van der Waals surface area contributed by atoms with Gasteiger partial charge in [0.2, 0.25) is 5.88 Å². The van der Waals surface area contributed by atoms with Crippen molar-refractivity contribution in [2.45, 2.75) is 19.3 Å². The van der Waals surface area contributed by atoms with Gasteiger partial charge in [-0.15, -0.1) is 24.0 Å². The van der Waals surface area contributed by atoms with Crippen LogP contribution in [0.1, 0.15) is 11.1 Å². The van der Waals surface area contributed by atoms with Crippen molar-refractivity contribution in [2.75, 3.05) is 20.8 Å². The van der Waals surface area contributed by atoms with Crippen molar-refractivity contribution in [3.63, 3.8) is 0 Å². The number of hydrogen-bond acceptors (Lipinski definition) is 5. The van der Waals surface area contributed by atoms with Gasteiger partial charge >= 0.3 is 6.18 Å². The minimum Gasteiger partial charge on any atom is -0.493 e. The van der Waals surface area contributed by atoms with Crippen LogP contribution in [0.25, 0.3) is 0 Å². The highest BCUT2D eigenvalue weighted by Gasteiger charge is 2.29. The molecule has 160 valence electrons. The minimum absolute atomic E-state index is 0. The van der Waals surface area contributed by atoms with Crippen LogP contribution in [0.3, 0.4) is 0 Å². The molecule has 1 heterocycles. The first-order valence-electron chi connectivity index (χ1n) is 8.20. The van der Waals surface area contributed by atoms with Gasteiger partial charge in [-0.05, 0) is 23.8 Å². The molecule has 0 saturated heterocycles. The fourth-order valence-electron chi connectivity index (χ4n) is 2.24. The lowest BCUT2D eigenvalue weighted by Crippen LogP contribution is -2.31. The van der Waals surface area contributed by atoms with E-state index in [-0.39, 0.29) is 48.9 Å². The maximum atomic E-state index is 12.3. The highest BCUT2D eigenvalue weighted by atomic mass is 127. The topological polar surface area (TPSA) is 91.0 Å². The number of rotatable bonds is 8. The summed E-state index contributed by atoms with van der Waals surface area (Å²) in [5.74, 6) is 1.19. The van der Waals surface area contributed by atoms with E-state index in [4.69, 9.17) is 19.9 Å². The third kappa shape index (κ3) is 8.21. The zero-order valence-corrected chi connectivity index (χ0v) is 18.2. The monoisotopic (exact) mass is 526 g/mol. The van der Waals surface area contributed by atoms with E-state index in [1.807, 2.05) is 6.07 Å². The Hall–Kier alpha value is -2.44. The second kappa shape index (κ2) is 11.5. The van der Waals surface area contributed by atoms with Gasteiger partial charge in [0.15, 0.2) is 24.1 Å².